The SMILES string of the molecule is COC(C)CNC(CN)c1ccc(C)c(Br)c1. The van der Waals surface area contributed by atoms with Crippen molar-refractivity contribution in [3.05, 3.63) is 33.8 Å². The van der Waals surface area contributed by atoms with Gasteiger partial charge < -0.3 is 15.8 Å². The summed E-state index contributed by atoms with van der Waals surface area (Å²) in [7, 11) is 1.71. The third kappa shape index (κ3) is 4.39. The van der Waals surface area contributed by atoms with Crippen LogP contribution < -0.4 is 11.1 Å². The van der Waals surface area contributed by atoms with Crippen LogP contribution in [0.1, 0.15) is 24.1 Å². The van der Waals surface area contributed by atoms with Crippen molar-refractivity contribution in [2.45, 2.75) is 26.0 Å². The third-order valence-electron chi connectivity index (χ3n) is 2.89. The summed E-state index contributed by atoms with van der Waals surface area (Å²) in [4.78, 5) is 0. The monoisotopic (exact) mass is 300 g/mol. The number of hydrogen-bond acceptors (Lipinski definition) is 3. The molecule has 0 saturated heterocycles. The molecule has 0 radical (unpaired) electrons. The van der Waals surface area contributed by atoms with Gasteiger partial charge in [0, 0.05) is 30.7 Å². The van der Waals surface area contributed by atoms with E-state index in [0.29, 0.717) is 6.54 Å². The minimum atomic E-state index is 0.171. The molecular weight excluding hydrogens is 280 g/mol. The standard InChI is InChI=1S/C13H21BrN2O/c1-9-4-5-11(6-12(9)14)13(7-15)16-8-10(2)17-3/h4-6,10,13,16H,7-8,15H2,1-3H3. The Balaban J connectivity index is 2.69. The Hall–Kier alpha value is -0.420. The van der Waals surface area contributed by atoms with Crippen LogP contribution >= 0.6 is 15.9 Å². The van der Waals surface area contributed by atoms with Gasteiger partial charge in [-0.15, -0.1) is 0 Å². The van der Waals surface area contributed by atoms with Crippen LogP contribution in [0.25, 0.3) is 0 Å². The number of ether oxygens (including phenoxy) is 1. The van der Waals surface area contributed by atoms with Crippen LogP contribution in [0.3, 0.4) is 0 Å². The molecule has 3 N–H and O–H groups in total. The first-order valence-corrected chi connectivity index (χ1v) is 6.60. The van der Waals surface area contributed by atoms with Gasteiger partial charge in [-0.05, 0) is 31.0 Å². The summed E-state index contributed by atoms with van der Waals surface area (Å²) in [5.41, 5.74) is 8.24. The maximum Gasteiger partial charge on any atom is 0.0667 e. The Morgan fingerprint density at radius 3 is 2.71 bits per heavy atom. The first kappa shape index (κ1) is 14.6. The number of methoxy groups -OCH3 is 1. The van der Waals surface area contributed by atoms with Crippen molar-refractivity contribution >= 4 is 15.9 Å². The zero-order chi connectivity index (χ0) is 12.8. The second-order valence-corrected chi connectivity index (χ2v) is 5.11. The smallest absolute Gasteiger partial charge is 0.0667 e. The van der Waals surface area contributed by atoms with Crippen molar-refractivity contribution in [1.82, 2.24) is 5.32 Å². The van der Waals surface area contributed by atoms with Crippen LogP contribution in [0.4, 0.5) is 0 Å². The number of halogens is 1. The molecule has 0 spiro atoms. The van der Waals surface area contributed by atoms with E-state index in [-0.39, 0.29) is 12.1 Å². The number of rotatable bonds is 6. The normalized spacial score (nSPS) is 14.6. The topological polar surface area (TPSA) is 47.3 Å². The molecule has 0 bridgehead atoms. The largest absolute Gasteiger partial charge is 0.380 e. The molecule has 0 aromatic heterocycles. The molecule has 0 aliphatic rings. The summed E-state index contributed by atoms with van der Waals surface area (Å²) >= 11 is 3.54. The van der Waals surface area contributed by atoms with Gasteiger partial charge in [0.05, 0.1) is 6.10 Å². The highest BCUT2D eigenvalue weighted by Crippen LogP contribution is 2.21. The molecule has 0 aliphatic carbocycles. The van der Waals surface area contributed by atoms with E-state index < -0.39 is 0 Å². The van der Waals surface area contributed by atoms with E-state index in [1.54, 1.807) is 7.11 Å². The lowest BCUT2D eigenvalue weighted by atomic mass is 10.1. The molecule has 0 heterocycles. The van der Waals surface area contributed by atoms with E-state index in [9.17, 15) is 0 Å². The Labute approximate surface area is 112 Å². The Kier molecular flexibility index (Phi) is 6.12. The molecule has 0 amide bonds. The molecule has 3 nitrogen and oxygen atoms in total. The molecule has 0 saturated carbocycles. The van der Waals surface area contributed by atoms with Crippen molar-refractivity contribution in [3.8, 4) is 0 Å². The van der Waals surface area contributed by atoms with Gasteiger partial charge in [0.15, 0.2) is 0 Å². The average molecular weight is 301 g/mol. The molecule has 1 aromatic rings. The predicted molar refractivity (Wildman–Crippen MR) is 75.1 cm³/mol. The molecule has 2 unspecified atom stereocenters. The van der Waals surface area contributed by atoms with Gasteiger partial charge in [-0.2, -0.15) is 0 Å². The quantitative estimate of drug-likeness (QED) is 0.848. The van der Waals surface area contributed by atoms with Crippen molar-refractivity contribution < 1.29 is 4.74 Å². The van der Waals surface area contributed by atoms with Crippen molar-refractivity contribution in [3.63, 3.8) is 0 Å². The lowest BCUT2D eigenvalue weighted by Gasteiger charge is -2.20. The van der Waals surface area contributed by atoms with E-state index in [4.69, 9.17) is 10.5 Å². The van der Waals surface area contributed by atoms with Crippen LogP contribution in [-0.4, -0.2) is 26.3 Å². The minimum absolute atomic E-state index is 0.171. The van der Waals surface area contributed by atoms with Gasteiger partial charge in [-0.1, -0.05) is 28.1 Å². The number of benzene rings is 1. The fourth-order valence-corrected chi connectivity index (χ4v) is 1.95. The molecule has 1 rings (SSSR count). The summed E-state index contributed by atoms with van der Waals surface area (Å²) in [5.74, 6) is 0. The maximum atomic E-state index is 5.80. The van der Waals surface area contributed by atoms with Crippen LogP contribution in [0.5, 0.6) is 0 Å². The summed E-state index contributed by atoms with van der Waals surface area (Å²) in [6.45, 7) is 5.48. The fourth-order valence-electron chi connectivity index (χ4n) is 1.55. The summed E-state index contributed by atoms with van der Waals surface area (Å²) in [6.07, 6.45) is 0.193. The van der Waals surface area contributed by atoms with Gasteiger partial charge in [-0.3, -0.25) is 0 Å². The van der Waals surface area contributed by atoms with E-state index in [0.717, 1.165) is 11.0 Å². The van der Waals surface area contributed by atoms with Crippen LogP contribution in [0.15, 0.2) is 22.7 Å². The van der Waals surface area contributed by atoms with Crippen LogP contribution in [0.2, 0.25) is 0 Å². The lowest BCUT2D eigenvalue weighted by molar-refractivity contribution is 0.114. The van der Waals surface area contributed by atoms with Crippen molar-refractivity contribution in [1.29, 1.82) is 0 Å². The molecule has 96 valence electrons. The predicted octanol–water partition coefficient (Wildman–Crippen LogP) is 2.38. The number of aryl methyl sites for hydroxylation is 1. The number of nitrogens with two attached hydrogens (primary N) is 1. The average Bonchev–Trinajstić information content (AvgIpc) is 2.33. The fraction of sp³-hybridized carbons (Fsp3) is 0.538. The maximum absolute atomic E-state index is 5.80. The zero-order valence-electron chi connectivity index (χ0n) is 10.7. The molecule has 4 heteroatoms. The summed E-state index contributed by atoms with van der Waals surface area (Å²) in [5, 5.41) is 3.41. The van der Waals surface area contributed by atoms with Crippen LogP contribution in [0, 0.1) is 6.92 Å². The van der Waals surface area contributed by atoms with Gasteiger partial charge in [-0.25, -0.2) is 0 Å². The van der Waals surface area contributed by atoms with Gasteiger partial charge in [0.1, 0.15) is 0 Å². The minimum Gasteiger partial charge on any atom is -0.380 e. The highest BCUT2D eigenvalue weighted by Gasteiger charge is 2.11. The number of nitrogens with one attached hydrogen (secondary N) is 1. The highest BCUT2D eigenvalue weighted by atomic mass is 79.9. The van der Waals surface area contributed by atoms with E-state index in [1.165, 1.54) is 11.1 Å². The van der Waals surface area contributed by atoms with E-state index >= 15 is 0 Å². The molecular formula is C13H21BrN2O. The van der Waals surface area contributed by atoms with Crippen molar-refractivity contribution in [2.24, 2.45) is 5.73 Å². The first-order chi connectivity index (χ1) is 8.08. The van der Waals surface area contributed by atoms with Gasteiger partial charge in [0.25, 0.3) is 0 Å². The Morgan fingerprint density at radius 2 is 2.18 bits per heavy atom. The third-order valence-corrected chi connectivity index (χ3v) is 3.74. The Morgan fingerprint density at radius 1 is 1.47 bits per heavy atom. The summed E-state index contributed by atoms with van der Waals surface area (Å²) in [6, 6.07) is 6.51. The van der Waals surface area contributed by atoms with Gasteiger partial charge in [0.2, 0.25) is 0 Å². The lowest BCUT2D eigenvalue weighted by Crippen LogP contribution is -2.34. The zero-order valence-corrected chi connectivity index (χ0v) is 12.3. The molecule has 2 atom stereocenters. The van der Waals surface area contributed by atoms with E-state index in [2.05, 4.69) is 46.4 Å². The molecule has 0 aliphatic heterocycles. The molecule has 17 heavy (non-hydrogen) atoms. The Bertz CT molecular complexity index is 357. The second kappa shape index (κ2) is 7.11. The second-order valence-electron chi connectivity index (χ2n) is 4.25. The van der Waals surface area contributed by atoms with Crippen LogP contribution in [-0.2, 0) is 4.74 Å². The molecule has 1 aromatic carbocycles. The number of hydrogen-bond donors (Lipinski definition) is 2. The van der Waals surface area contributed by atoms with E-state index in [1.807, 2.05) is 6.92 Å². The van der Waals surface area contributed by atoms with Gasteiger partial charge >= 0.3 is 0 Å². The molecule has 0 fully saturated rings. The first-order valence-electron chi connectivity index (χ1n) is 5.80. The highest BCUT2D eigenvalue weighted by molar-refractivity contribution is 9.10. The summed E-state index contributed by atoms with van der Waals surface area (Å²) < 4.78 is 6.33. The van der Waals surface area contributed by atoms with Crippen molar-refractivity contribution in [2.75, 3.05) is 20.2 Å².